The average Bonchev–Trinajstić information content (AvgIpc) is 2.39. The molecule has 0 amide bonds. The summed E-state index contributed by atoms with van der Waals surface area (Å²) in [4.78, 5) is 15.9. The summed E-state index contributed by atoms with van der Waals surface area (Å²) in [5, 5.41) is 0. The molecule has 1 heterocycles. The van der Waals surface area contributed by atoms with Gasteiger partial charge < -0.3 is 0 Å². The highest BCUT2D eigenvalue weighted by Crippen LogP contribution is 2.21. The van der Waals surface area contributed by atoms with E-state index in [4.69, 9.17) is 0 Å². The predicted molar refractivity (Wildman–Crippen MR) is 69.0 cm³/mol. The van der Waals surface area contributed by atoms with E-state index in [0.717, 1.165) is 22.4 Å². The van der Waals surface area contributed by atoms with Crippen molar-refractivity contribution in [1.29, 1.82) is 0 Å². The van der Waals surface area contributed by atoms with Gasteiger partial charge in [-0.25, -0.2) is 0 Å². The zero-order valence-corrected chi connectivity index (χ0v) is 10.1. The molecule has 2 aromatic rings. The summed E-state index contributed by atoms with van der Waals surface area (Å²) in [6, 6.07) is 11.6. The third-order valence-electron chi connectivity index (χ3n) is 2.81. The molecule has 0 saturated carbocycles. The molecule has 2 nitrogen and oxygen atoms in total. The van der Waals surface area contributed by atoms with E-state index in [0.29, 0.717) is 6.42 Å². The molecule has 17 heavy (non-hydrogen) atoms. The standard InChI is InChI=1S/C15H15NO/c1-3-14(17)12-6-8-13(9-7-12)15-11(2)5-4-10-16-15/h4-10H,3H2,1-2H3. The summed E-state index contributed by atoms with van der Waals surface area (Å²) >= 11 is 0. The van der Waals surface area contributed by atoms with Crippen molar-refractivity contribution < 1.29 is 4.79 Å². The first-order valence-electron chi connectivity index (χ1n) is 5.77. The largest absolute Gasteiger partial charge is 0.294 e. The van der Waals surface area contributed by atoms with Crippen molar-refractivity contribution in [3.8, 4) is 11.3 Å². The number of nitrogens with zero attached hydrogens (tertiary/aromatic N) is 1. The van der Waals surface area contributed by atoms with Crippen LogP contribution >= 0.6 is 0 Å². The van der Waals surface area contributed by atoms with Gasteiger partial charge in [0.15, 0.2) is 5.78 Å². The van der Waals surface area contributed by atoms with Crippen LogP contribution in [0.4, 0.5) is 0 Å². The molecule has 1 aromatic heterocycles. The molecule has 0 aliphatic rings. The number of rotatable bonds is 3. The smallest absolute Gasteiger partial charge is 0.162 e. The van der Waals surface area contributed by atoms with Crippen LogP contribution in [-0.2, 0) is 0 Å². The lowest BCUT2D eigenvalue weighted by atomic mass is 10.0. The first kappa shape index (κ1) is 11.5. The van der Waals surface area contributed by atoms with Gasteiger partial charge in [0.25, 0.3) is 0 Å². The van der Waals surface area contributed by atoms with Crippen molar-refractivity contribution in [1.82, 2.24) is 4.98 Å². The summed E-state index contributed by atoms with van der Waals surface area (Å²) in [6.45, 7) is 3.91. The van der Waals surface area contributed by atoms with E-state index >= 15 is 0 Å². The van der Waals surface area contributed by atoms with Crippen LogP contribution in [-0.4, -0.2) is 10.8 Å². The minimum Gasteiger partial charge on any atom is -0.294 e. The second-order valence-corrected chi connectivity index (χ2v) is 4.02. The van der Waals surface area contributed by atoms with E-state index in [-0.39, 0.29) is 5.78 Å². The molecule has 0 saturated heterocycles. The first-order valence-corrected chi connectivity index (χ1v) is 5.77. The summed E-state index contributed by atoms with van der Waals surface area (Å²) in [5.74, 6) is 0.175. The monoisotopic (exact) mass is 225 g/mol. The normalized spacial score (nSPS) is 10.2. The van der Waals surface area contributed by atoms with E-state index in [2.05, 4.69) is 4.98 Å². The summed E-state index contributed by atoms with van der Waals surface area (Å²) in [7, 11) is 0. The Morgan fingerprint density at radius 3 is 2.47 bits per heavy atom. The van der Waals surface area contributed by atoms with Crippen LogP contribution in [0.3, 0.4) is 0 Å². The molecule has 0 atom stereocenters. The van der Waals surface area contributed by atoms with Gasteiger partial charge in [-0.2, -0.15) is 0 Å². The first-order chi connectivity index (χ1) is 8.22. The van der Waals surface area contributed by atoms with Gasteiger partial charge in [0.1, 0.15) is 0 Å². The van der Waals surface area contributed by atoms with Crippen LogP contribution in [0, 0.1) is 6.92 Å². The molecule has 0 spiro atoms. The zero-order valence-electron chi connectivity index (χ0n) is 10.1. The molecule has 0 radical (unpaired) electrons. The Labute approximate surface area is 101 Å². The second kappa shape index (κ2) is 4.91. The van der Waals surface area contributed by atoms with Crippen LogP contribution in [0.5, 0.6) is 0 Å². The Kier molecular flexibility index (Phi) is 3.33. The van der Waals surface area contributed by atoms with Gasteiger partial charge in [-0.05, 0) is 18.6 Å². The topological polar surface area (TPSA) is 30.0 Å². The van der Waals surface area contributed by atoms with Crippen molar-refractivity contribution >= 4 is 5.78 Å². The number of aromatic nitrogens is 1. The Hall–Kier alpha value is -1.96. The zero-order chi connectivity index (χ0) is 12.3. The minimum absolute atomic E-state index is 0.175. The van der Waals surface area contributed by atoms with Gasteiger partial charge in [0, 0.05) is 23.7 Å². The summed E-state index contributed by atoms with van der Waals surface area (Å²) in [5.41, 5.74) is 3.94. The molecule has 0 N–H and O–H groups in total. The molecule has 2 rings (SSSR count). The molecule has 1 aromatic carbocycles. The number of Topliss-reactive ketones (excluding diaryl/α,β-unsaturated/α-hetero) is 1. The lowest BCUT2D eigenvalue weighted by molar-refractivity contribution is 0.0988. The van der Waals surface area contributed by atoms with Gasteiger partial charge >= 0.3 is 0 Å². The van der Waals surface area contributed by atoms with Crippen LogP contribution in [0.2, 0.25) is 0 Å². The second-order valence-electron chi connectivity index (χ2n) is 4.02. The van der Waals surface area contributed by atoms with Crippen molar-refractivity contribution in [2.45, 2.75) is 20.3 Å². The average molecular weight is 225 g/mol. The Morgan fingerprint density at radius 2 is 1.88 bits per heavy atom. The quantitative estimate of drug-likeness (QED) is 0.746. The fourth-order valence-corrected chi connectivity index (χ4v) is 1.81. The van der Waals surface area contributed by atoms with Gasteiger partial charge in [0.05, 0.1) is 5.69 Å². The third kappa shape index (κ3) is 2.41. The molecular formula is C15H15NO. The van der Waals surface area contributed by atoms with E-state index in [9.17, 15) is 4.79 Å². The molecule has 2 heteroatoms. The summed E-state index contributed by atoms with van der Waals surface area (Å²) < 4.78 is 0. The highest BCUT2D eigenvalue weighted by Gasteiger charge is 2.05. The highest BCUT2D eigenvalue weighted by molar-refractivity contribution is 5.96. The molecule has 86 valence electrons. The maximum Gasteiger partial charge on any atom is 0.162 e. The van der Waals surface area contributed by atoms with E-state index in [1.165, 1.54) is 0 Å². The number of hydrogen-bond acceptors (Lipinski definition) is 2. The molecule has 0 fully saturated rings. The lowest BCUT2D eigenvalue weighted by Gasteiger charge is -2.05. The van der Waals surface area contributed by atoms with E-state index < -0.39 is 0 Å². The molecular weight excluding hydrogens is 210 g/mol. The highest BCUT2D eigenvalue weighted by atomic mass is 16.1. The molecule has 0 aliphatic carbocycles. The molecule has 0 bridgehead atoms. The van der Waals surface area contributed by atoms with Crippen LogP contribution in [0.25, 0.3) is 11.3 Å². The van der Waals surface area contributed by atoms with Crippen LogP contribution in [0.15, 0.2) is 42.6 Å². The predicted octanol–water partition coefficient (Wildman–Crippen LogP) is 3.65. The summed E-state index contributed by atoms with van der Waals surface area (Å²) in [6.07, 6.45) is 2.33. The fraction of sp³-hybridized carbons (Fsp3) is 0.200. The van der Waals surface area contributed by atoms with Gasteiger partial charge in [-0.3, -0.25) is 9.78 Å². The maximum atomic E-state index is 11.5. The minimum atomic E-state index is 0.175. The molecule has 0 unspecified atom stereocenters. The third-order valence-corrected chi connectivity index (χ3v) is 2.81. The number of benzene rings is 1. The Morgan fingerprint density at radius 1 is 1.18 bits per heavy atom. The number of carbonyl (C=O) groups excluding carboxylic acids is 1. The number of carbonyl (C=O) groups is 1. The fourth-order valence-electron chi connectivity index (χ4n) is 1.81. The Balaban J connectivity index is 2.36. The van der Waals surface area contributed by atoms with Gasteiger partial charge in [-0.15, -0.1) is 0 Å². The van der Waals surface area contributed by atoms with E-state index in [1.807, 2.05) is 50.2 Å². The lowest BCUT2D eigenvalue weighted by Crippen LogP contribution is -1.96. The van der Waals surface area contributed by atoms with Crippen molar-refractivity contribution in [3.63, 3.8) is 0 Å². The van der Waals surface area contributed by atoms with Crippen molar-refractivity contribution in [3.05, 3.63) is 53.7 Å². The van der Waals surface area contributed by atoms with Crippen molar-refractivity contribution in [2.75, 3.05) is 0 Å². The van der Waals surface area contributed by atoms with Gasteiger partial charge in [0.2, 0.25) is 0 Å². The number of aryl methyl sites for hydroxylation is 1. The van der Waals surface area contributed by atoms with Gasteiger partial charge in [-0.1, -0.05) is 37.3 Å². The van der Waals surface area contributed by atoms with Crippen LogP contribution in [0.1, 0.15) is 29.3 Å². The maximum absolute atomic E-state index is 11.5. The van der Waals surface area contributed by atoms with E-state index in [1.54, 1.807) is 6.20 Å². The van der Waals surface area contributed by atoms with Crippen molar-refractivity contribution in [2.24, 2.45) is 0 Å². The van der Waals surface area contributed by atoms with Crippen LogP contribution < -0.4 is 0 Å². The number of hydrogen-bond donors (Lipinski definition) is 0. The Bertz CT molecular complexity index is 529. The number of pyridine rings is 1. The number of ketones is 1. The SMILES string of the molecule is CCC(=O)c1ccc(-c2ncccc2C)cc1. The molecule has 0 aliphatic heterocycles.